The highest BCUT2D eigenvalue weighted by atomic mass is 14.7. The number of amidine groups is 1. The van der Waals surface area contributed by atoms with Gasteiger partial charge in [-0.25, -0.2) is 0 Å². The van der Waals surface area contributed by atoms with E-state index in [0.717, 1.165) is 12.1 Å². The molecule has 0 amide bonds. The first-order valence-electron chi connectivity index (χ1n) is 5.41. The van der Waals surface area contributed by atoms with E-state index in [1.165, 1.54) is 0 Å². The van der Waals surface area contributed by atoms with Crippen molar-refractivity contribution in [3.8, 4) is 0 Å². The first-order chi connectivity index (χ1) is 6.54. The summed E-state index contributed by atoms with van der Waals surface area (Å²) in [6.07, 6.45) is 1.56. The van der Waals surface area contributed by atoms with Crippen molar-refractivity contribution in [2.45, 2.75) is 61.3 Å². The van der Waals surface area contributed by atoms with E-state index in [1.807, 2.05) is 41.5 Å². The summed E-state index contributed by atoms with van der Waals surface area (Å²) in [6.45, 7) is 13.6. The Hall–Kier alpha value is -0.860. The predicted octanol–water partition coefficient (Wildman–Crippen LogP) is 3.82. The fourth-order valence-electron chi connectivity index (χ4n) is 0. The Morgan fingerprint density at radius 3 is 1.07 bits per heavy atom. The van der Waals surface area contributed by atoms with Crippen LogP contribution < -0.4 is 5.73 Å². The summed E-state index contributed by atoms with van der Waals surface area (Å²) >= 11 is 0. The van der Waals surface area contributed by atoms with Crippen molar-refractivity contribution in [2.24, 2.45) is 5.73 Å². The zero-order valence-corrected chi connectivity index (χ0v) is 11.0. The van der Waals surface area contributed by atoms with Gasteiger partial charge < -0.3 is 11.1 Å². The van der Waals surface area contributed by atoms with E-state index in [9.17, 15) is 0 Å². The van der Waals surface area contributed by atoms with Gasteiger partial charge in [-0.1, -0.05) is 41.5 Å². The quantitative estimate of drug-likeness (QED) is 0.463. The van der Waals surface area contributed by atoms with Crippen molar-refractivity contribution < 1.29 is 0 Å². The van der Waals surface area contributed by atoms with Gasteiger partial charge in [-0.05, 0) is 13.3 Å². The fraction of sp³-hybridized carbons (Fsp3) is 0.818. The van der Waals surface area contributed by atoms with Crippen LogP contribution in [0.15, 0.2) is 0 Å². The second-order valence-electron chi connectivity index (χ2n) is 2.01. The van der Waals surface area contributed by atoms with E-state index in [4.69, 9.17) is 16.6 Å². The summed E-state index contributed by atoms with van der Waals surface area (Å²) in [5.74, 6) is 0.255. The second kappa shape index (κ2) is 29.6. The van der Waals surface area contributed by atoms with Gasteiger partial charge in [0.25, 0.3) is 0 Å². The maximum absolute atomic E-state index is 6.74. The molecule has 0 saturated carbocycles. The molecule has 0 radical (unpaired) electrons. The van der Waals surface area contributed by atoms with Crippen LogP contribution in [0.4, 0.5) is 0 Å². The standard InChI is InChI=1S/C4H9N.C3H8N2.2C2H6/c1-3-4(2)5;1-2-3(4)5;2*1-2/h5H,3H2,1-2H3;2H2,1H3,(H3,4,5);2*1-2H3. The number of hydrogen-bond donors (Lipinski definition) is 3. The normalized spacial score (nSPS) is 6.21. The Balaban J connectivity index is -0.0000000528. The Morgan fingerprint density at radius 2 is 1.07 bits per heavy atom. The van der Waals surface area contributed by atoms with Gasteiger partial charge in [-0.3, -0.25) is 5.41 Å². The third kappa shape index (κ3) is 116. The zero-order chi connectivity index (χ0) is 12.6. The Labute approximate surface area is 90.1 Å². The van der Waals surface area contributed by atoms with Crippen molar-refractivity contribution >= 4 is 11.5 Å². The van der Waals surface area contributed by atoms with Gasteiger partial charge in [0.05, 0.1) is 5.84 Å². The van der Waals surface area contributed by atoms with E-state index in [0.29, 0.717) is 6.42 Å². The second-order valence-corrected chi connectivity index (χ2v) is 2.01. The van der Waals surface area contributed by atoms with Crippen LogP contribution in [0.2, 0.25) is 0 Å². The van der Waals surface area contributed by atoms with Crippen LogP contribution >= 0.6 is 0 Å². The molecule has 88 valence electrons. The SMILES string of the molecule is CC.CC.CCC(=N)N.CCC(C)=N. The zero-order valence-electron chi connectivity index (χ0n) is 11.0. The molecule has 0 atom stereocenters. The lowest BCUT2D eigenvalue weighted by Gasteiger charge is -1.79. The molecule has 0 saturated heterocycles. The topological polar surface area (TPSA) is 73.7 Å². The smallest absolute Gasteiger partial charge is 0.0902 e. The minimum absolute atomic E-state index is 0.255. The van der Waals surface area contributed by atoms with Crippen molar-refractivity contribution in [1.82, 2.24) is 0 Å². The van der Waals surface area contributed by atoms with Crippen molar-refractivity contribution in [1.29, 1.82) is 10.8 Å². The minimum Gasteiger partial charge on any atom is -0.388 e. The summed E-state index contributed by atoms with van der Waals surface area (Å²) < 4.78 is 0. The monoisotopic (exact) mass is 203 g/mol. The molecule has 0 aliphatic heterocycles. The molecule has 14 heavy (non-hydrogen) atoms. The number of nitrogens with one attached hydrogen (secondary N) is 2. The average Bonchev–Trinajstić information content (AvgIpc) is 2.24. The maximum Gasteiger partial charge on any atom is 0.0902 e. The molecule has 3 heteroatoms. The summed E-state index contributed by atoms with van der Waals surface area (Å²) in [5.41, 5.74) is 5.63. The molecule has 0 aromatic heterocycles. The first-order valence-corrected chi connectivity index (χ1v) is 5.41. The van der Waals surface area contributed by atoms with Crippen LogP contribution in [-0.2, 0) is 0 Å². The molecule has 0 heterocycles. The summed E-state index contributed by atoms with van der Waals surface area (Å²) in [4.78, 5) is 0. The summed E-state index contributed by atoms with van der Waals surface area (Å²) in [7, 11) is 0. The van der Waals surface area contributed by atoms with Gasteiger partial charge in [0, 0.05) is 12.1 Å². The molecule has 0 bridgehead atoms. The van der Waals surface area contributed by atoms with E-state index < -0.39 is 0 Å². The lowest BCUT2D eigenvalue weighted by Crippen LogP contribution is -2.05. The highest BCUT2D eigenvalue weighted by Crippen LogP contribution is 1.72. The molecule has 0 unspecified atom stereocenters. The molecule has 0 aliphatic carbocycles. The third-order valence-corrected chi connectivity index (χ3v) is 0.911. The van der Waals surface area contributed by atoms with Crippen LogP contribution in [0.3, 0.4) is 0 Å². The molecule has 3 nitrogen and oxygen atoms in total. The summed E-state index contributed by atoms with van der Waals surface area (Å²) in [6, 6.07) is 0. The van der Waals surface area contributed by atoms with Crippen molar-refractivity contribution in [3.63, 3.8) is 0 Å². The number of nitrogens with two attached hydrogens (primary N) is 1. The molecule has 0 fully saturated rings. The molecule has 4 N–H and O–H groups in total. The Morgan fingerprint density at radius 1 is 0.929 bits per heavy atom. The lowest BCUT2D eigenvalue weighted by atomic mass is 10.3. The highest BCUT2D eigenvalue weighted by molar-refractivity contribution is 5.78. The van der Waals surface area contributed by atoms with Crippen LogP contribution in [0.5, 0.6) is 0 Å². The largest absolute Gasteiger partial charge is 0.388 e. The molecule has 0 spiro atoms. The molecule has 0 rings (SSSR count). The fourth-order valence-corrected chi connectivity index (χ4v) is 0. The first kappa shape index (κ1) is 23.2. The van der Waals surface area contributed by atoms with Gasteiger partial charge in [0.15, 0.2) is 0 Å². The van der Waals surface area contributed by atoms with Crippen LogP contribution in [-0.4, -0.2) is 11.5 Å². The summed E-state index contributed by atoms with van der Waals surface area (Å²) in [5, 5.41) is 13.3. The highest BCUT2D eigenvalue weighted by Gasteiger charge is 1.71. The van der Waals surface area contributed by atoms with Gasteiger partial charge in [-0.15, -0.1) is 0 Å². The lowest BCUT2D eigenvalue weighted by molar-refractivity contribution is 1.21. The predicted molar refractivity (Wildman–Crippen MR) is 68.6 cm³/mol. The van der Waals surface area contributed by atoms with Crippen molar-refractivity contribution in [2.75, 3.05) is 0 Å². The number of rotatable bonds is 2. The third-order valence-electron chi connectivity index (χ3n) is 0.911. The van der Waals surface area contributed by atoms with E-state index >= 15 is 0 Å². The van der Waals surface area contributed by atoms with Gasteiger partial charge in [0.1, 0.15) is 0 Å². The van der Waals surface area contributed by atoms with Crippen LogP contribution in [0, 0.1) is 10.8 Å². The van der Waals surface area contributed by atoms with Crippen molar-refractivity contribution in [3.05, 3.63) is 0 Å². The molecular formula is C11H29N3. The maximum atomic E-state index is 6.74. The number of hydrogen-bond acceptors (Lipinski definition) is 2. The minimum atomic E-state index is 0.255. The molecular weight excluding hydrogens is 174 g/mol. The molecule has 0 aromatic carbocycles. The molecule has 0 aliphatic rings. The van der Waals surface area contributed by atoms with Gasteiger partial charge >= 0.3 is 0 Å². The van der Waals surface area contributed by atoms with Gasteiger partial charge in [-0.2, -0.15) is 0 Å². The van der Waals surface area contributed by atoms with Crippen LogP contribution in [0.25, 0.3) is 0 Å². The molecule has 0 aromatic rings. The van der Waals surface area contributed by atoms with E-state index in [1.54, 1.807) is 6.92 Å². The Bertz CT molecular complexity index is 95.1. The Kier molecular flexibility index (Phi) is 48.9. The van der Waals surface area contributed by atoms with E-state index in [2.05, 4.69) is 0 Å². The van der Waals surface area contributed by atoms with Gasteiger partial charge in [0.2, 0.25) is 0 Å². The van der Waals surface area contributed by atoms with E-state index in [-0.39, 0.29) is 5.84 Å². The van der Waals surface area contributed by atoms with Crippen LogP contribution in [0.1, 0.15) is 61.3 Å². The average molecular weight is 203 g/mol.